The average molecular weight is 485 g/mol. The first-order chi connectivity index (χ1) is 15.7. The number of hydrogen-bond donors (Lipinski definition) is 0. The molecule has 2 aliphatic rings. The molecule has 0 unspecified atom stereocenters. The van der Waals surface area contributed by atoms with Crippen LogP contribution in [0.1, 0.15) is 50.5 Å². The molecule has 1 aromatic carbocycles. The van der Waals surface area contributed by atoms with E-state index < -0.39 is 27.9 Å². The Morgan fingerprint density at radius 1 is 1.09 bits per heavy atom. The molecule has 0 radical (unpaired) electrons. The monoisotopic (exact) mass is 484 g/mol. The molecule has 0 amide bonds. The second-order valence-electron chi connectivity index (χ2n) is 8.90. The largest absolute Gasteiger partial charge is 0.416 e. The molecule has 7 nitrogen and oxygen atoms in total. The molecular formula is C22H27F3N4O3S. The maximum Gasteiger partial charge on any atom is 0.416 e. The second kappa shape index (κ2) is 9.92. The van der Waals surface area contributed by atoms with Gasteiger partial charge in [0.05, 0.1) is 15.9 Å². The molecule has 0 atom stereocenters. The number of alkyl halides is 3. The third kappa shape index (κ3) is 5.63. The lowest BCUT2D eigenvalue weighted by Crippen LogP contribution is -2.32. The molecule has 1 aromatic heterocycles. The summed E-state index contributed by atoms with van der Waals surface area (Å²) in [5.74, 6) is 0.799. The zero-order valence-electron chi connectivity index (χ0n) is 18.3. The van der Waals surface area contributed by atoms with Crippen LogP contribution >= 0.6 is 11.3 Å². The summed E-state index contributed by atoms with van der Waals surface area (Å²) in [6, 6.07) is 1.16. The summed E-state index contributed by atoms with van der Waals surface area (Å²) in [5.41, 5.74) is -2.80. The average Bonchev–Trinajstić information content (AvgIpc) is 3.03. The van der Waals surface area contributed by atoms with Gasteiger partial charge >= 0.3 is 6.18 Å². The molecule has 11 heteroatoms. The normalized spacial score (nSPS) is 19.1. The quantitative estimate of drug-likeness (QED) is 0.436. The van der Waals surface area contributed by atoms with E-state index in [1.807, 2.05) is 4.90 Å². The van der Waals surface area contributed by atoms with Crippen LogP contribution in [0.2, 0.25) is 0 Å². The van der Waals surface area contributed by atoms with Gasteiger partial charge in [-0.05, 0) is 37.9 Å². The highest BCUT2D eigenvalue weighted by atomic mass is 32.1. The molecule has 2 fully saturated rings. The van der Waals surface area contributed by atoms with Crippen molar-refractivity contribution in [2.45, 2.75) is 51.1 Å². The molecule has 1 aliphatic heterocycles. The Bertz CT molecular complexity index is 1070. The smallest absolute Gasteiger partial charge is 0.347 e. The molecule has 180 valence electrons. The van der Waals surface area contributed by atoms with Crippen molar-refractivity contribution in [2.24, 2.45) is 5.92 Å². The van der Waals surface area contributed by atoms with Crippen molar-refractivity contribution in [3.8, 4) is 0 Å². The van der Waals surface area contributed by atoms with E-state index in [2.05, 4.69) is 9.88 Å². The minimum atomic E-state index is -4.79. The van der Waals surface area contributed by atoms with Crippen molar-refractivity contribution >= 4 is 32.2 Å². The molecule has 1 aliphatic carbocycles. The van der Waals surface area contributed by atoms with E-state index >= 15 is 0 Å². The molecule has 0 bridgehead atoms. The van der Waals surface area contributed by atoms with Crippen molar-refractivity contribution in [1.29, 1.82) is 0 Å². The number of benzene rings is 1. The van der Waals surface area contributed by atoms with Crippen LogP contribution in [-0.4, -0.2) is 47.5 Å². The Labute approximate surface area is 193 Å². The number of fused-ring (bicyclic) bond motifs is 1. The number of anilines is 1. The number of nitrogens with zero attached hydrogens (tertiary/aromatic N) is 4. The maximum absolute atomic E-state index is 13.2. The molecule has 1 saturated heterocycles. The van der Waals surface area contributed by atoms with Crippen molar-refractivity contribution in [1.82, 2.24) is 9.88 Å². The number of nitro benzene ring substituents is 1. The van der Waals surface area contributed by atoms with E-state index in [9.17, 15) is 28.1 Å². The number of rotatable bonds is 5. The summed E-state index contributed by atoms with van der Waals surface area (Å²) in [6.45, 7) is 4.02. The molecule has 0 N–H and O–H groups in total. The van der Waals surface area contributed by atoms with Gasteiger partial charge in [-0.15, -0.1) is 0 Å². The first kappa shape index (κ1) is 23.9. The summed E-state index contributed by atoms with van der Waals surface area (Å²) < 4.78 is 39.4. The summed E-state index contributed by atoms with van der Waals surface area (Å²) in [5, 5.41) is 11.5. The van der Waals surface area contributed by atoms with Crippen molar-refractivity contribution in [3.63, 3.8) is 0 Å². The van der Waals surface area contributed by atoms with Crippen LogP contribution in [0.4, 0.5) is 24.0 Å². The van der Waals surface area contributed by atoms with Gasteiger partial charge in [0, 0.05) is 25.7 Å². The van der Waals surface area contributed by atoms with Gasteiger partial charge < -0.3 is 9.80 Å². The van der Waals surface area contributed by atoms with Crippen molar-refractivity contribution in [2.75, 3.05) is 37.6 Å². The highest BCUT2D eigenvalue weighted by Gasteiger charge is 2.34. The van der Waals surface area contributed by atoms with E-state index in [0.29, 0.717) is 30.4 Å². The first-order valence-electron chi connectivity index (χ1n) is 11.4. The number of halogens is 3. The van der Waals surface area contributed by atoms with E-state index in [0.717, 1.165) is 43.3 Å². The molecule has 2 aromatic rings. The van der Waals surface area contributed by atoms with Crippen LogP contribution in [-0.2, 0) is 6.18 Å². The van der Waals surface area contributed by atoms with Gasteiger partial charge in [0.1, 0.15) is 4.70 Å². The van der Waals surface area contributed by atoms with Gasteiger partial charge in [-0.1, -0.05) is 43.4 Å². The van der Waals surface area contributed by atoms with E-state index in [4.69, 9.17) is 0 Å². The minimum absolute atomic E-state index is 0.0681. The van der Waals surface area contributed by atoms with E-state index in [1.165, 1.54) is 38.5 Å². The summed E-state index contributed by atoms with van der Waals surface area (Å²) in [6.07, 6.45) is 3.86. The zero-order chi connectivity index (χ0) is 23.6. The highest BCUT2D eigenvalue weighted by molar-refractivity contribution is 7.22. The number of nitro groups is 1. The van der Waals surface area contributed by atoms with Crippen LogP contribution < -0.4 is 10.5 Å². The highest BCUT2D eigenvalue weighted by Crippen LogP contribution is 2.38. The van der Waals surface area contributed by atoms with Crippen LogP contribution in [0.15, 0.2) is 16.9 Å². The predicted molar refractivity (Wildman–Crippen MR) is 122 cm³/mol. The van der Waals surface area contributed by atoms with Gasteiger partial charge in [0.15, 0.2) is 5.13 Å². The maximum atomic E-state index is 13.2. The van der Waals surface area contributed by atoms with Crippen LogP contribution in [0.5, 0.6) is 0 Å². The Hall–Kier alpha value is -2.27. The second-order valence-corrected chi connectivity index (χ2v) is 9.88. The molecule has 4 rings (SSSR count). The lowest BCUT2D eigenvalue weighted by atomic mass is 9.87. The number of aromatic nitrogens is 1. The topological polar surface area (TPSA) is 79.6 Å². The summed E-state index contributed by atoms with van der Waals surface area (Å²) >= 11 is 0.916. The fourth-order valence-electron chi connectivity index (χ4n) is 4.80. The predicted octanol–water partition coefficient (Wildman–Crippen LogP) is 5.07. The standard InChI is InChI=1S/C22H27F3N4O3S/c23-22(24,25)16-13-17-19(18(14-16)29(31)32)33-21(26-20(17)30)28-9-4-8-27(11-12-28)10-7-15-5-2-1-3-6-15/h13-15H,1-12H2. The Kier molecular flexibility index (Phi) is 7.18. The Balaban J connectivity index is 1.54. The minimum Gasteiger partial charge on any atom is -0.347 e. The van der Waals surface area contributed by atoms with Crippen LogP contribution in [0.3, 0.4) is 0 Å². The lowest BCUT2D eigenvalue weighted by molar-refractivity contribution is -0.383. The van der Waals surface area contributed by atoms with Crippen LogP contribution in [0, 0.1) is 16.0 Å². The number of hydrogen-bond acceptors (Lipinski definition) is 7. The fourth-order valence-corrected chi connectivity index (χ4v) is 5.92. The fraction of sp³-hybridized carbons (Fsp3) is 0.636. The Morgan fingerprint density at radius 2 is 1.85 bits per heavy atom. The van der Waals surface area contributed by atoms with Gasteiger partial charge in [-0.3, -0.25) is 14.9 Å². The van der Waals surface area contributed by atoms with Gasteiger partial charge in [0.25, 0.3) is 11.2 Å². The summed E-state index contributed by atoms with van der Waals surface area (Å²) in [7, 11) is 0. The zero-order valence-corrected chi connectivity index (χ0v) is 19.1. The van der Waals surface area contributed by atoms with E-state index in [-0.39, 0.29) is 10.1 Å². The third-order valence-electron chi connectivity index (χ3n) is 6.65. The third-order valence-corrected chi connectivity index (χ3v) is 7.82. The van der Waals surface area contributed by atoms with Gasteiger partial charge in [0.2, 0.25) is 0 Å². The van der Waals surface area contributed by atoms with Crippen molar-refractivity contribution in [3.05, 3.63) is 38.2 Å². The molecule has 1 saturated carbocycles. The van der Waals surface area contributed by atoms with Crippen LogP contribution in [0.25, 0.3) is 10.1 Å². The molecular weight excluding hydrogens is 457 g/mol. The summed E-state index contributed by atoms with van der Waals surface area (Å²) in [4.78, 5) is 31.6. The molecule has 0 spiro atoms. The van der Waals surface area contributed by atoms with E-state index in [1.54, 1.807) is 0 Å². The first-order valence-corrected chi connectivity index (χ1v) is 12.2. The lowest BCUT2D eigenvalue weighted by Gasteiger charge is -2.26. The van der Waals surface area contributed by atoms with Crippen molar-refractivity contribution < 1.29 is 18.1 Å². The van der Waals surface area contributed by atoms with Gasteiger partial charge in [-0.25, -0.2) is 0 Å². The molecule has 2 heterocycles. The Morgan fingerprint density at radius 3 is 2.55 bits per heavy atom. The SMILES string of the molecule is O=c1nc(N2CCCN(CCC3CCCCC3)CC2)sc2c([N+](=O)[O-])cc(C(F)(F)F)cc12. The van der Waals surface area contributed by atoms with Gasteiger partial charge in [-0.2, -0.15) is 18.2 Å². The number of non-ortho nitro benzene ring substituents is 1. The molecule has 33 heavy (non-hydrogen) atoms.